The van der Waals surface area contributed by atoms with E-state index in [9.17, 15) is 0 Å². The maximum Gasteiger partial charge on any atom is 0.166 e. The Bertz CT molecular complexity index is 3180. The minimum absolute atomic E-state index is 0.0952. The Kier molecular flexibility index (Phi) is 7.80. The molecule has 4 heteroatoms. The summed E-state index contributed by atoms with van der Waals surface area (Å²) in [5, 5.41) is 2.40. The van der Waals surface area contributed by atoms with Gasteiger partial charge in [-0.15, -0.1) is 0 Å². The summed E-state index contributed by atoms with van der Waals surface area (Å²) in [4.78, 5) is 15.9. The number of fused-ring (bicyclic) bond motifs is 6. The molecule has 0 unspecified atom stereocenters. The molecule has 4 nitrogen and oxygen atoms in total. The number of hydrogen-bond donors (Lipinski definition) is 0. The number of benzene rings is 8. The van der Waals surface area contributed by atoms with E-state index < -0.39 is 0 Å². The lowest BCUT2D eigenvalue weighted by Gasteiger charge is -2.21. The van der Waals surface area contributed by atoms with Crippen LogP contribution in [-0.2, 0) is 5.41 Å². The summed E-state index contributed by atoms with van der Waals surface area (Å²) in [5.74, 6) is 1.89. The van der Waals surface area contributed by atoms with Crippen LogP contribution in [0.25, 0.3) is 95.0 Å². The average Bonchev–Trinajstić information content (AvgIpc) is 3.75. The molecule has 0 bridgehead atoms. The molecule has 11 rings (SSSR count). The lowest BCUT2D eigenvalue weighted by Crippen LogP contribution is -2.14. The lowest BCUT2D eigenvalue weighted by molar-refractivity contribution is 0.660. The molecule has 0 spiro atoms. The topological polar surface area (TPSA) is 43.6 Å². The van der Waals surface area contributed by atoms with Crippen molar-refractivity contribution < 1.29 is 0 Å². The first-order chi connectivity index (χ1) is 28.5. The van der Waals surface area contributed by atoms with Crippen molar-refractivity contribution in [3.8, 4) is 73.2 Å². The van der Waals surface area contributed by atoms with Crippen LogP contribution in [0, 0.1) is 0 Å². The van der Waals surface area contributed by atoms with Crippen LogP contribution in [-0.4, -0.2) is 19.5 Å². The molecule has 0 aliphatic heterocycles. The Balaban J connectivity index is 1.19. The number of aromatic nitrogens is 4. The molecule has 0 fully saturated rings. The first kappa shape index (κ1) is 33.9. The summed E-state index contributed by atoms with van der Waals surface area (Å²) in [6.45, 7) is 4.62. The molecule has 0 saturated carbocycles. The zero-order valence-electron chi connectivity index (χ0n) is 32.3. The van der Waals surface area contributed by atoms with Gasteiger partial charge in [0.25, 0.3) is 0 Å². The van der Waals surface area contributed by atoms with E-state index >= 15 is 0 Å². The largest absolute Gasteiger partial charge is 0.308 e. The quantitative estimate of drug-likeness (QED) is 0.170. The van der Waals surface area contributed by atoms with Crippen LogP contribution in [0.15, 0.2) is 194 Å². The maximum atomic E-state index is 5.38. The van der Waals surface area contributed by atoms with E-state index in [-0.39, 0.29) is 5.41 Å². The summed E-state index contributed by atoms with van der Waals surface area (Å²) >= 11 is 0. The Morgan fingerprint density at radius 2 is 0.931 bits per heavy atom. The highest BCUT2D eigenvalue weighted by Gasteiger charge is 2.35. The van der Waals surface area contributed by atoms with Crippen LogP contribution in [0.2, 0.25) is 0 Å². The van der Waals surface area contributed by atoms with Crippen LogP contribution in [0.4, 0.5) is 0 Å². The van der Waals surface area contributed by atoms with Gasteiger partial charge in [-0.1, -0.05) is 178 Å². The third-order valence-corrected chi connectivity index (χ3v) is 11.9. The zero-order chi connectivity index (χ0) is 38.8. The van der Waals surface area contributed by atoms with Gasteiger partial charge in [-0.3, -0.25) is 0 Å². The Morgan fingerprint density at radius 3 is 1.71 bits per heavy atom. The maximum absolute atomic E-state index is 5.38. The molecule has 1 aliphatic carbocycles. The second-order valence-corrected chi connectivity index (χ2v) is 15.6. The summed E-state index contributed by atoms with van der Waals surface area (Å²) in [6.07, 6.45) is 0. The van der Waals surface area contributed by atoms with Crippen molar-refractivity contribution in [3.63, 3.8) is 0 Å². The van der Waals surface area contributed by atoms with Crippen molar-refractivity contribution in [2.24, 2.45) is 0 Å². The number of hydrogen-bond acceptors (Lipinski definition) is 3. The van der Waals surface area contributed by atoms with E-state index in [0.717, 1.165) is 44.5 Å². The first-order valence-corrected chi connectivity index (χ1v) is 19.9. The van der Waals surface area contributed by atoms with E-state index in [2.05, 4.69) is 194 Å². The van der Waals surface area contributed by atoms with Crippen molar-refractivity contribution in [1.82, 2.24) is 19.5 Å². The molecule has 274 valence electrons. The van der Waals surface area contributed by atoms with Gasteiger partial charge in [0, 0.05) is 32.9 Å². The van der Waals surface area contributed by atoms with Gasteiger partial charge in [-0.05, 0) is 74.8 Å². The zero-order valence-corrected chi connectivity index (χ0v) is 32.3. The summed E-state index contributed by atoms with van der Waals surface area (Å²) in [7, 11) is 0. The molecule has 58 heavy (non-hydrogen) atoms. The number of nitrogens with zero attached hydrogens (tertiary/aromatic N) is 4. The smallest absolute Gasteiger partial charge is 0.166 e. The Hall–Kier alpha value is -7.43. The molecule has 10 aromatic rings. The van der Waals surface area contributed by atoms with E-state index in [1.807, 2.05) is 18.2 Å². The van der Waals surface area contributed by atoms with Gasteiger partial charge in [0.15, 0.2) is 17.5 Å². The first-order valence-electron chi connectivity index (χ1n) is 19.9. The lowest BCUT2D eigenvalue weighted by atomic mass is 9.82. The van der Waals surface area contributed by atoms with Crippen molar-refractivity contribution in [3.05, 3.63) is 205 Å². The van der Waals surface area contributed by atoms with E-state index in [1.165, 1.54) is 44.2 Å². The van der Waals surface area contributed by atoms with Gasteiger partial charge in [0.1, 0.15) is 0 Å². The molecule has 0 saturated heterocycles. The van der Waals surface area contributed by atoms with Crippen molar-refractivity contribution in [2.45, 2.75) is 19.3 Å². The highest BCUT2D eigenvalue weighted by molar-refractivity contribution is 6.16. The predicted molar refractivity (Wildman–Crippen MR) is 239 cm³/mol. The second-order valence-electron chi connectivity index (χ2n) is 15.6. The molecule has 0 radical (unpaired) electrons. The standard InChI is InChI=1S/C54H38N4/c1-54(2)45-26-14-12-23-41(45)44-33-39(30-32-46(44)54)52-55-51(37-21-10-5-11-22-37)56-53(57-52)43-31-29-38(35-17-6-3-7-18-35)34-49(43)58-47-27-15-13-24-42(47)50-40(25-16-28-48(50)58)36-19-8-4-9-20-36/h3-34H,1-2H3. The summed E-state index contributed by atoms with van der Waals surface area (Å²) in [6, 6.07) is 69.0. The van der Waals surface area contributed by atoms with Crippen LogP contribution in [0.1, 0.15) is 25.0 Å². The molecular formula is C54H38N4. The highest BCUT2D eigenvalue weighted by atomic mass is 15.1. The molecule has 0 N–H and O–H groups in total. The van der Waals surface area contributed by atoms with Crippen molar-refractivity contribution in [2.75, 3.05) is 0 Å². The van der Waals surface area contributed by atoms with Gasteiger partial charge in [0.2, 0.25) is 0 Å². The molecule has 2 aromatic heterocycles. The minimum Gasteiger partial charge on any atom is -0.308 e. The molecule has 0 atom stereocenters. The third-order valence-electron chi connectivity index (χ3n) is 11.9. The fourth-order valence-corrected chi connectivity index (χ4v) is 9.05. The number of para-hydroxylation sites is 1. The SMILES string of the molecule is CC1(C)c2ccccc2-c2cc(-c3nc(-c4ccccc4)nc(-c4ccc(-c5ccccc5)cc4-n4c5ccccc5c5c(-c6ccccc6)cccc54)n3)ccc21. The molecule has 8 aromatic carbocycles. The van der Waals surface area contributed by atoms with Crippen LogP contribution < -0.4 is 0 Å². The van der Waals surface area contributed by atoms with Crippen LogP contribution >= 0.6 is 0 Å². The predicted octanol–water partition coefficient (Wildman–Crippen LogP) is 13.6. The average molecular weight is 743 g/mol. The van der Waals surface area contributed by atoms with Crippen LogP contribution in [0.3, 0.4) is 0 Å². The normalized spacial score (nSPS) is 12.8. The van der Waals surface area contributed by atoms with Crippen molar-refractivity contribution >= 4 is 21.8 Å². The minimum atomic E-state index is -0.0952. The summed E-state index contributed by atoms with van der Waals surface area (Å²) in [5.41, 5.74) is 15.7. The monoisotopic (exact) mass is 742 g/mol. The fraction of sp³-hybridized carbons (Fsp3) is 0.0556. The van der Waals surface area contributed by atoms with E-state index in [4.69, 9.17) is 15.0 Å². The van der Waals surface area contributed by atoms with Gasteiger partial charge < -0.3 is 4.57 Å². The fourth-order valence-electron chi connectivity index (χ4n) is 9.05. The van der Waals surface area contributed by atoms with Crippen LogP contribution in [0.5, 0.6) is 0 Å². The molecule has 1 aliphatic rings. The number of rotatable bonds is 6. The Morgan fingerprint density at radius 1 is 0.362 bits per heavy atom. The van der Waals surface area contributed by atoms with Gasteiger partial charge in [0.05, 0.1) is 16.7 Å². The molecule has 2 heterocycles. The van der Waals surface area contributed by atoms with E-state index in [1.54, 1.807) is 0 Å². The van der Waals surface area contributed by atoms with E-state index in [0.29, 0.717) is 17.5 Å². The molecule has 0 amide bonds. The van der Waals surface area contributed by atoms with Gasteiger partial charge in [-0.25, -0.2) is 15.0 Å². The third kappa shape index (κ3) is 5.41. The molecular weight excluding hydrogens is 705 g/mol. The summed E-state index contributed by atoms with van der Waals surface area (Å²) < 4.78 is 2.40. The van der Waals surface area contributed by atoms with Gasteiger partial charge in [-0.2, -0.15) is 0 Å². The second kappa shape index (κ2) is 13.4. The van der Waals surface area contributed by atoms with Crippen molar-refractivity contribution in [1.29, 1.82) is 0 Å². The highest BCUT2D eigenvalue weighted by Crippen LogP contribution is 2.49. The Labute approximate surface area is 337 Å². The van der Waals surface area contributed by atoms with Gasteiger partial charge >= 0.3 is 0 Å².